The summed E-state index contributed by atoms with van der Waals surface area (Å²) in [4.78, 5) is 0. The molecule has 0 fully saturated rings. The summed E-state index contributed by atoms with van der Waals surface area (Å²) in [5.41, 5.74) is 14.4. The van der Waals surface area contributed by atoms with Crippen molar-refractivity contribution in [2.45, 2.75) is 19.4 Å². The Kier molecular flexibility index (Phi) is 3.28. The van der Waals surface area contributed by atoms with Gasteiger partial charge in [-0.15, -0.1) is 0 Å². The van der Waals surface area contributed by atoms with Gasteiger partial charge in [0.1, 0.15) is 0 Å². The van der Waals surface area contributed by atoms with Crippen molar-refractivity contribution in [3.8, 4) is 0 Å². The number of anilines is 1. The van der Waals surface area contributed by atoms with E-state index in [9.17, 15) is 0 Å². The zero-order valence-electron chi connectivity index (χ0n) is 7.83. The van der Waals surface area contributed by atoms with Gasteiger partial charge >= 0.3 is 0 Å². The van der Waals surface area contributed by atoms with Crippen molar-refractivity contribution in [3.63, 3.8) is 0 Å². The summed E-state index contributed by atoms with van der Waals surface area (Å²) >= 11 is 0. The molecule has 0 saturated heterocycles. The van der Waals surface area contributed by atoms with Crippen LogP contribution in [0.3, 0.4) is 0 Å². The fourth-order valence-electron chi connectivity index (χ4n) is 1.35. The Bertz CT molecular complexity index is 286. The average molecular weight is 180 g/mol. The topological polar surface area (TPSA) is 72.3 Å². The number of aliphatic hydroxyl groups excluding tert-OH is 1. The highest BCUT2D eigenvalue weighted by Gasteiger charge is 2.07. The van der Waals surface area contributed by atoms with Crippen molar-refractivity contribution in [1.82, 2.24) is 0 Å². The van der Waals surface area contributed by atoms with E-state index in [1.165, 1.54) is 0 Å². The molecule has 1 rings (SSSR count). The van der Waals surface area contributed by atoms with Gasteiger partial charge in [-0.05, 0) is 36.6 Å². The summed E-state index contributed by atoms with van der Waals surface area (Å²) < 4.78 is 0. The van der Waals surface area contributed by atoms with Gasteiger partial charge in [-0.25, -0.2) is 0 Å². The molecule has 3 heteroatoms. The maximum Gasteiger partial charge on any atom is 0.0449 e. The number of nitrogen functional groups attached to an aromatic ring is 1. The third-order valence-corrected chi connectivity index (χ3v) is 2.14. The van der Waals surface area contributed by atoms with Crippen LogP contribution >= 0.6 is 0 Å². The van der Waals surface area contributed by atoms with Crippen molar-refractivity contribution < 1.29 is 5.11 Å². The van der Waals surface area contributed by atoms with Crippen LogP contribution < -0.4 is 11.5 Å². The van der Waals surface area contributed by atoms with Crippen LogP contribution in [0.1, 0.15) is 23.6 Å². The highest BCUT2D eigenvalue weighted by molar-refractivity contribution is 5.45. The van der Waals surface area contributed by atoms with Gasteiger partial charge in [0, 0.05) is 18.3 Å². The van der Waals surface area contributed by atoms with Crippen LogP contribution in [0.25, 0.3) is 0 Å². The van der Waals surface area contributed by atoms with E-state index in [0.717, 1.165) is 11.1 Å². The molecule has 3 nitrogen and oxygen atoms in total. The Labute approximate surface area is 78.4 Å². The standard InChI is InChI=1S/C10H16N2O/c1-7-2-3-8(11)6-9(7)10(12)4-5-13/h2-3,6,10,13H,4-5,11-12H2,1H3. The molecule has 13 heavy (non-hydrogen) atoms. The molecule has 0 saturated carbocycles. The molecule has 0 aliphatic rings. The zero-order valence-corrected chi connectivity index (χ0v) is 7.83. The number of hydrogen-bond acceptors (Lipinski definition) is 3. The Balaban J connectivity index is 2.91. The Morgan fingerprint density at radius 1 is 1.46 bits per heavy atom. The quantitative estimate of drug-likeness (QED) is 0.607. The van der Waals surface area contributed by atoms with E-state index in [0.29, 0.717) is 12.1 Å². The summed E-state index contributed by atoms with van der Waals surface area (Å²) in [6.45, 7) is 2.10. The van der Waals surface area contributed by atoms with Crippen molar-refractivity contribution in [2.24, 2.45) is 5.73 Å². The predicted molar refractivity (Wildman–Crippen MR) is 54.2 cm³/mol. The van der Waals surface area contributed by atoms with Crippen molar-refractivity contribution in [2.75, 3.05) is 12.3 Å². The predicted octanol–water partition coefficient (Wildman–Crippen LogP) is 0.959. The molecule has 0 aromatic heterocycles. The van der Waals surface area contributed by atoms with Gasteiger partial charge in [-0.3, -0.25) is 0 Å². The summed E-state index contributed by atoms with van der Waals surface area (Å²) in [5, 5.41) is 8.75. The minimum absolute atomic E-state index is 0.107. The minimum atomic E-state index is -0.117. The summed E-state index contributed by atoms with van der Waals surface area (Å²) in [5.74, 6) is 0. The molecule has 0 aliphatic heterocycles. The number of aliphatic hydroxyl groups is 1. The van der Waals surface area contributed by atoms with Crippen LogP contribution in [0.15, 0.2) is 18.2 Å². The molecule has 0 aliphatic carbocycles. The van der Waals surface area contributed by atoms with Crippen LogP contribution in [-0.4, -0.2) is 11.7 Å². The maximum absolute atomic E-state index is 8.75. The Morgan fingerprint density at radius 3 is 2.77 bits per heavy atom. The van der Waals surface area contributed by atoms with Crippen LogP contribution in [0.2, 0.25) is 0 Å². The molecule has 5 N–H and O–H groups in total. The zero-order chi connectivity index (χ0) is 9.84. The van der Waals surface area contributed by atoms with Gasteiger partial charge in [0.15, 0.2) is 0 Å². The second-order valence-corrected chi connectivity index (χ2v) is 3.23. The third-order valence-electron chi connectivity index (χ3n) is 2.14. The van der Waals surface area contributed by atoms with Crippen molar-refractivity contribution >= 4 is 5.69 Å². The first-order valence-corrected chi connectivity index (χ1v) is 4.37. The van der Waals surface area contributed by atoms with Crippen molar-refractivity contribution in [3.05, 3.63) is 29.3 Å². The molecule has 0 radical (unpaired) electrons. The summed E-state index contributed by atoms with van der Waals surface area (Å²) in [6, 6.07) is 5.55. The lowest BCUT2D eigenvalue weighted by atomic mass is 9.99. The molecule has 0 spiro atoms. The molecule has 1 aromatic rings. The number of aryl methyl sites for hydroxylation is 1. The van der Waals surface area contributed by atoms with Crippen LogP contribution in [-0.2, 0) is 0 Å². The first kappa shape index (κ1) is 10.0. The van der Waals surface area contributed by atoms with Gasteiger partial charge in [0.25, 0.3) is 0 Å². The van der Waals surface area contributed by atoms with E-state index in [-0.39, 0.29) is 12.6 Å². The molecular weight excluding hydrogens is 164 g/mol. The molecule has 1 aromatic carbocycles. The van der Waals surface area contributed by atoms with E-state index in [1.807, 2.05) is 25.1 Å². The number of rotatable bonds is 3. The lowest BCUT2D eigenvalue weighted by molar-refractivity contribution is 0.276. The van der Waals surface area contributed by atoms with Gasteiger partial charge in [-0.2, -0.15) is 0 Å². The molecule has 1 unspecified atom stereocenters. The SMILES string of the molecule is Cc1ccc(N)cc1C(N)CCO. The molecule has 0 amide bonds. The van der Waals surface area contributed by atoms with Gasteiger partial charge in [-0.1, -0.05) is 6.07 Å². The monoisotopic (exact) mass is 180 g/mol. The smallest absolute Gasteiger partial charge is 0.0449 e. The van der Waals surface area contributed by atoms with E-state index in [2.05, 4.69) is 0 Å². The molecule has 0 heterocycles. The minimum Gasteiger partial charge on any atom is -0.399 e. The summed E-state index contributed by atoms with van der Waals surface area (Å²) in [6.07, 6.45) is 0.574. The maximum atomic E-state index is 8.75. The second kappa shape index (κ2) is 4.25. The Morgan fingerprint density at radius 2 is 2.15 bits per heavy atom. The largest absolute Gasteiger partial charge is 0.399 e. The first-order chi connectivity index (χ1) is 6.15. The average Bonchev–Trinajstić information content (AvgIpc) is 2.09. The van der Waals surface area contributed by atoms with Crippen LogP contribution in [0.4, 0.5) is 5.69 Å². The molecular formula is C10H16N2O. The highest BCUT2D eigenvalue weighted by atomic mass is 16.3. The molecule has 1 atom stereocenters. The van der Waals surface area contributed by atoms with Gasteiger partial charge in [0.2, 0.25) is 0 Å². The lowest BCUT2D eigenvalue weighted by Crippen LogP contribution is -2.13. The van der Waals surface area contributed by atoms with Gasteiger partial charge < -0.3 is 16.6 Å². The van der Waals surface area contributed by atoms with Crippen molar-refractivity contribution in [1.29, 1.82) is 0 Å². The molecule has 0 bridgehead atoms. The molecule has 72 valence electrons. The lowest BCUT2D eigenvalue weighted by Gasteiger charge is -2.13. The highest BCUT2D eigenvalue weighted by Crippen LogP contribution is 2.20. The summed E-state index contributed by atoms with van der Waals surface area (Å²) in [7, 11) is 0. The number of nitrogens with two attached hydrogens (primary N) is 2. The van der Waals surface area contributed by atoms with E-state index in [1.54, 1.807) is 0 Å². The third kappa shape index (κ3) is 2.44. The second-order valence-electron chi connectivity index (χ2n) is 3.23. The normalized spacial score (nSPS) is 12.8. The number of benzene rings is 1. The number of hydrogen-bond donors (Lipinski definition) is 3. The van der Waals surface area contributed by atoms with Crippen LogP contribution in [0.5, 0.6) is 0 Å². The fourth-order valence-corrected chi connectivity index (χ4v) is 1.35. The van der Waals surface area contributed by atoms with Crippen LogP contribution in [0, 0.1) is 6.92 Å². The first-order valence-electron chi connectivity index (χ1n) is 4.37. The van der Waals surface area contributed by atoms with E-state index >= 15 is 0 Å². The Hall–Kier alpha value is -1.06. The van der Waals surface area contributed by atoms with E-state index in [4.69, 9.17) is 16.6 Å². The van der Waals surface area contributed by atoms with Gasteiger partial charge in [0.05, 0.1) is 0 Å². The fraction of sp³-hybridized carbons (Fsp3) is 0.400. The van der Waals surface area contributed by atoms with E-state index < -0.39 is 0 Å².